The van der Waals surface area contributed by atoms with Crippen LogP contribution in [0.25, 0.3) is 0 Å². The molecule has 1 amide bonds. The Labute approximate surface area is 109 Å². The van der Waals surface area contributed by atoms with Gasteiger partial charge in [0.25, 0.3) is 0 Å². The van der Waals surface area contributed by atoms with E-state index >= 15 is 0 Å². The van der Waals surface area contributed by atoms with Gasteiger partial charge in [-0.2, -0.15) is 0 Å². The van der Waals surface area contributed by atoms with Gasteiger partial charge in [0.15, 0.2) is 0 Å². The quantitative estimate of drug-likeness (QED) is 0.804. The molecule has 0 bridgehead atoms. The molecule has 0 aliphatic carbocycles. The maximum absolute atomic E-state index is 11.9. The molecular formula is C14H20ClNO. The van der Waals surface area contributed by atoms with E-state index in [1.54, 1.807) is 4.90 Å². The molecule has 1 aromatic carbocycles. The molecule has 1 rings (SSSR count). The average molecular weight is 254 g/mol. The number of amides is 1. The number of nitrogens with zero attached hydrogens (tertiary/aromatic N) is 1. The molecule has 0 unspecified atom stereocenters. The Balaban J connectivity index is 2.60. The summed E-state index contributed by atoms with van der Waals surface area (Å²) in [6.07, 6.45) is 0.560. The largest absolute Gasteiger partial charge is 0.341 e. The molecule has 0 aliphatic heterocycles. The highest BCUT2D eigenvalue weighted by Gasteiger charge is 2.18. The summed E-state index contributed by atoms with van der Waals surface area (Å²) < 4.78 is 0. The molecule has 0 fully saturated rings. The first-order chi connectivity index (χ1) is 7.78. The first-order valence-corrected chi connectivity index (χ1v) is 6.14. The molecule has 0 saturated carbocycles. The average Bonchev–Trinajstić information content (AvgIpc) is 2.14. The molecule has 0 N–H and O–H groups in total. The summed E-state index contributed by atoms with van der Waals surface area (Å²) in [5.74, 6) is 0.164. The van der Waals surface area contributed by atoms with Crippen molar-refractivity contribution in [3.05, 3.63) is 34.9 Å². The molecule has 0 spiro atoms. The molecule has 2 nitrogen and oxygen atoms in total. The predicted molar refractivity (Wildman–Crippen MR) is 72.0 cm³/mol. The van der Waals surface area contributed by atoms with Crippen molar-refractivity contribution in [1.29, 1.82) is 0 Å². The lowest BCUT2D eigenvalue weighted by Gasteiger charge is -2.23. The fraction of sp³-hybridized carbons (Fsp3) is 0.500. The number of hydrogen-bond acceptors (Lipinski definition) is 1. The molecule has 0 saturated heterocycles. The standard InChI is InChI=1S/C14H20ClNO/c1-14(2,3)9-13(17)16(4)10-11-6-5-7-12(15)8-11/h5-8H,9-10H2,1-4H3. The van der Waals surface area contributed by atoms with E-state index in [0.717, 1.165) is 5.56 Å². The normalized spacial score (nSPS) is 11.4. The van der Waals surface area contributed by atoms with Gasteiger partial charge in [-0.25, -0.2) is 0 Å². The van der Waals surface area contributed by atoms with Gasteiger partial charge in [0.1, 0.15) is 0 Å². The van der Waals surface area contributed by atoms with Crippen LogP contribution in [-0.4, -0.2) is 17.9 Å². The van der Waals surface area contributed by atoms with Crippen LogP contribution in [0.3, 0.4) is 0 Å². The van der Waals surface area contributed by atoms with Gasteiger partial charge in [0.2, 0.25) is 5.91 Å². The third-order valence-electron chi connectivity index (χ3n) is 2.42. The van der Waals surface area contributed by atoms with Crippen molar-refractivity contribution in [3.8, 4) is 0 Å². The van der Waals surface area contributed by atoms with E-state index in [4.69, 9.17) is 11.6 Å². The van der Waals surface area contributed by atoms with Crippen LogP contribution < -0.4 is 0 Å². The van der Waals surface area contributed by atoms with Crippen molar-refractivity contribution in [2.75, 3.05) is 7.05 Å². The van der Waals surface area contributed by atoms with E-state index in [-0.39, 0.29) is 11.3 Å². The topological polar surface area (TPSA) is 20.3 Å². The lowest BCUT2D eigenvalue weighted by atomic mass is 9.91. The first-order valence-electron chi connectivity index (χ1n) is 5.76. The zero-order valence-electron chi connectivity index (χ0n) is 11.0. The monoisotopic (exact) mass is 253 g/mol. The summed E-state index contributed by atoms with van der Waals surface area (Å²) >= 11 is 5.91. The number of carbonyl (C=O) groups excluding carboxylic acids is 1. The fourth-order valence-electron chi connectivity index (χ4n) is 1.59. The van der Waals surface area contributed by atoms with Gasteiger partial charge >= 0.3 is 0 Å². The number of carbonyl (C=O) groups is 1. The Morgan fingerprint density at radius 3 is 2.53 bits per heavy atom. The van der Waals surface area contributed by atoms with Gasteiger partial charge in [0.05, 0.1) is 0 Å². The van der Waals surface area contributed by atoms with Crippen molar-refractivity contribution in [1.82, 2.24) is 4.90 Å². The summed E-state index contributed by atoms with van der Waals surface area (Å²) in [4.78, 5) is 13.7. The lowest BCUT2D eigenvalue weighted by molar-refractivity contribution is -0.132. The lowest BCUT2D eigenvalue weighted by Crippen LogP contribution is -2.29. The molecule has 94 valence electrons. The van der Waals surface area contributed by atoms with E-state index in [1.165, 1.54) is 0 Å². The van der Waals surface area contributed by atoms with Gasteiger partial charge in [-0.05, 0) is 23.1 Å². The van der Waals surface area contributed by atoms with E-state index in [9.17, 15) is 4.79 Å². The van der Waals surface area contributed by atoms with E-state index < -0.39 is 0 Å². The van der Waals surface area contributed by atoms with Crippen LogP contribution in [0, 0.1) is 5.41 Å². The van der Waals surface area contributed by atoms with Crippen molar-refractivity contribution in [2.45, 2.75) is 33.7 Å². The molecule has 0 radical (unpaired) electrons. The second kappa shape index (κ2) is 5.54. The van der Waals surface area contributed by atoms with Gasteiger partial charge in [-0.15, -0.1) is 0 Å². The van der Waals surface area contributed by atoms with E-state index in [2.05, 4.69) is 20.8 Å². The molecule has 17 heavy (non-hydrogen) atoms. The minimum atomic E-state index is 0.0275. The highest BCUT2D eigenvalue weighted by molar-refractivity contribution is 6.30. The predicted octanol–water partition coefficient (Wildman–Crippen LogP) is 3.73. The Hall–Kier alpha value is -1.02. The Morgan fingerprint density at radius 2 is 2.00 bits per heavy atom. The van der Waals surface area contributed by atoms with Crippen LogP contribution in [0.15, 0.2) is 24.3 Å². The van der Waals surface area contributed by atoms with Crippen LogP contribution in [0.2, 0.25) is 5.02 Å². The van der Waals surface area contributed by atoms with Gasteiger partial charge < -0.3 is 4.90 Å². The van der Waals surface area contributed by atoms with Gasteiger partial charge in [-0.3, -0.25) is 4.79 Å². The Kier molecular flexibility index (Phi) is 4.58. The van der Waals surface area contributed by atoms with E-state index in [1.807, 2.05) is 31.3 Å². The van der Waals surface area contributed by atoms with E-state index in [0.29, 0.717) is 18.0 Å². The van der Waals surface area contributed by atoms with Crippen molar-refractivity contribution in [3.63, 3.8) is 0 Å². The second-order valence-electron chi connectivity index (χ2n) is 5.62. The molecule has 0 heterocycles. The molecule has 0 aromatic heterocycles. The van der Waals surface area contributed by atoms with Crippen LogP contribution >= 0.6 is 11.6 Å². The molecule has 3 heteroatoms. The number of rotatable bonds is 3. The smallest absolute Gasteiger partial charge is 0.223 e. The molecular weight excluding hydrogens is 234 g/mol. The number of halogens is 1. The van der Waals surface area contributed by atoms with Crippen LogP contribution in [0.1, 0.15) is 32.8 Å². The third-order valence-corrected chi connectivity index (χ3v) is 2.65. The highest BCUT2D eigenvalue weighted by Crippen LogP contribution is 2.20. The Morgan fingerprint density at radius 1 is 1.35 bits per heavy atom. The zero-order valence-corrected chi connectivity index (χ0v) is 11.7. The molecule has 1 aromatic rings. The van der Waals surface area contributed by atoms with Crippen molar-refractivity contribution < 1.29 is 4.79 Å². The van der Waals surface area contributed by atoms with Gasteiger partial charge in [-0.1, -0.05) is 44.5 Å². The summed E-state index contributed by atoms with van der Waals surface area (Å²) in [5.41, 5.74) is 1.09. The third kappa shape index (κ3) is 5.22. The first kappa shape index (κ1) is 14.0. The second-order valence-corrected chi connectivity index (χ2v) is 6.05. The minimum Gasteiger partial charge on any atom is -0.341 e. The fourth-order valence-corrected chi connectivity index (χ4v) is 1.80. The zero-order chi connectivity index (χ0) is 13.1. The number of benzene rings is 1. The minimum absolute atomic E-state index is 0.0275. The van der Waals surface area contributed by atoms with Crippen molar-refractivity contribution >= 4 is 17.5 Å². The van der Waals surface area contributed by atoms with Crippen LogP contribution in [0.5, 0.6) is 0 Å². The maximum Gasteiger partial charge on any atom is 0.223 e. The summed E-state index contributed by atoms with van der Waals surface area (Å²) in [6.45, 7) is 6.81. The van der Waals surface area contributed by atoms with Crippen LogP contribution in [-0.2, 0) is 11.3 Å². The molecule has 0 atom stereocenters. The summed E-state index contributed by atoms with van der Waals surface area (Å²) in [5, 5.41) is 0.708. The maximum atomic E-state index is 11.9. The van der Waals surface area contributed by atoms with Gasteiger partial charge in [0, 0.05) is 25.0 Å². The summed E-state index contributed by atoms with van der Waals surface area (Å²) in [6, 6.07) is 7.61. The number of hydrogen-bond donors (Lipinski definition) is 0. The van der Waals surface area contributed by atoms with Crippen LogP contribution in [0.4, 0.5) is 0 Å². The highest BCUT2D eigenvalue weighted by atomic mass is 35.5. The Bertz CT molecular complexity index is 395. The summed E-state index contributed by atoms with van der Waals surface area (Å²) in [7, 11) is 1.83. The van der Waals surface area contributed by atoms with Crippen molar-refractivity contribution in [2.24, 2.45) is 5.41 Å². The SMILES string of the molecule is CN(Cc1cccc(Cl)c1)C(=O)CC(C)(C)C. The molecule has 0 aliphatic rings.